The first kappa shape index (κ1) is 27.2. The first-order valence-corrected chi connectivity index (χ1v) is 12.4. The summed E-state index contributed by atoms with van der Waals surface area (Å²) in [7, 11) is 0. The second kappa shape index (κ2) is 11.7. The van der Waals surface area contributed by atoms with Gasteiger partial charge in [0.25, 0.3) is 5.91 Å². The minimum atomic E-state index is -1.10. The van der Waals surface area contributed by atoms with Crippen molar-refractivity contribution in [3.05, 3.63) is 82.2 Å². The lowest BCUT2D eigenvalue weighted by atomic mass is 10.1. The van der Waals surface area contributed by atoms with Crippen LogP contribution in [0, 0.1) is 5.82 Å². The van der Waals surface area contributed by atoms with Crippen LogP contribution in [-0.4, -0.2) is 45.5 Å². The molecule has 2 N–H and O–H groups in total. The number of hydrazine groups is 1. The summed E-state index contributed by atoms with van der Waals surface area (Å²) in [6, 6.07) is 11.7. The number of pyridine rings is 1. The van der Waals surface area contributed by atoms with Gasteiger partial charge in [-0.15, -0.1) is 0 Å². The number of anilines is 3. The van der Waals surface area contributed by atoms with E-state index in [-0.39, 0.29) is 29.0 Å². The molecular formula is C25H20Cl2FN5O4S. The van der Waals surface area contributed by atoms with Crippen LogP contribution >= 0.6 is 35.4 Å². The maximum Gasteiger partial charge on any atom is 0.338 e. The van der Waals surface area contributed by atoms with Crippen molar-refractivity contribution in [2.24, 2.45) is 0 Å². The number of carbonyl (C=O) groups excluding carboxylic acids is 3. The van der Waals surface area contributed by atoms with Gasteiger partial charge >= 0.3 is 5.97 Å². The van der Waals surface area contributed by atoms with Gasteiger partial charge in [-0.05, 0) is 73.7 Å². The summed E-state index contributed by atoms with van der Waals surface area (Å²) < 4.78 is 18.5. The third-order valence-electron chi connectivity index (χ3n) is 5.39. The minimum Gasteiger partial charge on any atom is -0.462 e. The molecule has 0 aliphatic carbocycles. The van der Waals surface area contributed by atoms with Gasteiger partial charge < -0.3 is 10.1 Å². The van der Waals surface area contributed by atoms with Crippen molar-refractivity contribution in [2.45, 2.75) is 19.4 Å². The third-order valence-corrected chi connectivity index (χ3v) is 6.27. The standard InChI is InChI=1S/C25H20Cl2FN5O4S/c1-2-37-24(36)14-3-7-17(8-4-14)30-21(34)12-20-23(35)32(18-9-5-16(28)6-10-18)25(38)33(20)31-22-19(27)11-15(26)13-29-22/h3-11,13,20H,2,12H2,1H3,(H,29,31)(H,30,34). The number of aromatic nitrogens is 1. The Hall–Kier alpha value is -3.80. The number of hydrogen-bond acceptors (Lipinski definition) is 7. The Morgan fingerprint density at radius 3 is 2.45 bits per heavy atom. The number of nitrogens with zero attached hydrogens (tertiary/aromatic N) is 3. The molecule has 1 aliphatic heterocycles. The van der Waals surface area contributed by atoms with Crippen LogP contribution in [0.2, 0.25) is 10.0 Å². The van der Waals surface area contributed by atoms with Gasteiger partial charge in [0.1, 0.15) is 11.9 Å². The van der Waals surface area contributed by atoms with E-state index in [0.29, 0.717) is 22.0 Å². The molecule has 13 heteroatoms. The van der Waals surface area contributed by atoms with E-state index in [4.69, 9.17) is 40.2 Å². The molecular weight excluding hydrogens is 556 g/mol. The summed E-state index contributed by atoms with van der Waals surface area (Å²) >= 11 is 17.7. The molecule has 9 nitrogen and oxygen atoms in total. The number of halogens is 3. The van der Waals surface area contributed by atoms with Crippen LogP contribution in [0.5, 0.6) is 0 Å². The number of esters is 1. The Balaban J connectivity index is 1.56. The molecule has 1 atom stereocenters. The Kier molecular flexibility index (Phi) is 8.40. The van der Waals surface area contributed by atoms with Crippen LogP contribution in [-0.2, 0) is 14.3 Å². The Morgan fingerprint density at radius 2 is 1.82 bits per heavy atom. The lowest BCUT2D eigenvalue weighted by Gasteiger charge is -2.25. The van der Waals surface area contributed by atoms with E-state index in [1.54, 1.807) is 19.1 Å². The molecule has 2 amide bonds. The molecule has 0 radical (unpaired) electrons. The largest absolute Gasteiger partial charge is 0.462 e. The second-order valence-electron chi connectivity index (χ2n) is 7.96. The molecule has 0 spiro atoms. The Morgan fingerprint density at radius 1 is 1.13 bits per heavy atom. The summed E-state index contributed by atoms with van der Waals surface area (Å²) in [5.74, 6) is -1.83. The lowest BCUT2D eigenvalue weighted by Crippen LogP contribution is -2.42. The highest BCUT2D eigenvalue weighted by Gasteiger charge is 2.45. The molecule has 0 saturated carbocycles. The predicted molar refractivity (Wildman–Crippen MR) is 146 cm³/mol. The maximum atomic E-state index is 13.5. The van der Waals surface area contributed by atoms with E-state index in [9.17, 15) is 18.8 Å². The molecule has 2 heterocycles. The molecule has 0 bridgehead atoms. The summed E-state index contributed by atoms with van der Waals surface area (Å²) in [4.78, 5) is 43.6. The van der Waals surface area contributed by atoms with Gasteiger partial charge in [0.15, 0.2) is 5.82 Å². The molecule has 3 aromatic rings. The van der Waals surface area contributed by atoms with Crippen molar-refractivity contribution in [1.82, 2.24) is 9.99 Å². The van der Waals surface area contributed by atoms with Crippen molar-refractivity contribution >= 4 is 75.5 Å². The highest BCUT2D eigenvalue weighted by molar-refractivity contribution is 7.80. The molecule has 1 fully saturated rings. The predicted octanol–water partition coefficient (Wildman–Crippen LogP) is 5.06. The summed E-state index contributed by atoms with van der Waals surface area (Å²) in [6.07, 6.45) is 1.05. The van der Waals surface area contributed by atoms with Crippen molar-refractivity contribution in [1.29, 1.82) is 0 Å². The minimum absolute atomic E-state index is 0.00557. The van der Waals surface area contributed by atoms with Crippen LogP contribution in [0.25, 0.3) is 0 Å². The quantitative estimate of drug-likeness (QED) is 0.283. The van der Waals surface area contributed by atoms with E-state index in [1.807, 2.05) is 0 Å². The number of nitrogens with one attached hydrogen (secondary N) is 2. The molecule has 1 aliphatic rings. The van der Waals surface area contributed by atoms with E-state index >= 15 is 0 Å². The van der Waals surface area contributed by atoms with Gasteiger partial charge in [-0.25, -0.2) is 19.2 Å². The van der Waals surface area contributed by atoms with Gasteiger partial charge in [0, 0.05) is 11.9 Å². The Bertz CT molecular complexity index is 1390. The fraction of sp³-hybridized carbons (Fsp3) is 0.160. The molecule has 1 saturated heterocycles. The van der Waals surface area contributed by atoms with E-state index in [1.165, 1.54) is 58.6 Å². The first-order chi connectivity index (χ1) is 18.2. The van der Waals surface area contributed by atoms with Crippen LogP contribution in [0.1, 0.15) is 23.7 Å². The topological polar surface area (TPSA) is 104 Å². The first-order valence-electron chi connectivity index (χ1n) is 11.3. The van der Waals surface area contributed by atoms with E-state index < -0.39 is 29.6 Å². The number of ether oxygens (including phenoxy) is 1. The number of thiocarbonyl (C=S) groups is 1. The van der Waals surface area contributed by atoms with Crippen molar-refractivity contribution in [3.8, 4) is 0 Å². The maximum absolute atomic E-state index is 13.5. The molecule has 38 heavy (non-hydrogen) atoms. The lowest BCUT2D eigenvalue weighted by molar-refractivity contribution is -0.124. The fourth-order valence-electron chi connectivity index (χ4n) is 3.63. The zero-order chi connectivity index (χ0) is 27.4. The average molecular weight is 576 g/mol. The van der Waals surface area contributed by atoms with Crippen molar-refractivity contribution in [3.63, 3.8) is 0 Å². The zero-order valence-electron chi connectivity index (χ0n) is 19.8. The van der Waals surface area contributed by atoms with Crippen LogP contribution in [0.4, 0.5) is 21.6 Å². The molecule has 1 unspecified atom stereocenters. The van der Waals surface area contributed by atoms with Crippen LogP contribution < -0.4 is 15.6 Å². The number of rotatable bonds is 8. The monoisotopic (exact) mass is 575 g/mol. The number of amides is 2. The van der Waals surface area contributed by atoms with Gasteiger partial charge in [0.2, 0.25) is 11.0 Å². The third kappa shape index (κ3) is 6.01. The summed E-state index contributed by atoms with van der Waals surface area (Å²) in [5.41, 5.74) is 3.96. The smallest absolute Gasteiger partial charge is 0.338 e. The zero-order valence-corrected chi connectivity index (χ0v) is 22.1. The highest BCUT2D eigenvalue weighted by atomic mass is 35.5. The number of benzene rings is 2. The van der Waals surface area contributed by atoms with E-state index in [2.05, 4.69) is 15.7 Å². The summed E-state index contributed by atoms with van der Waals surface area (Å²) in [6.45, 7) is 1.94. The average Bonchev–Trinajstić information content (AvgIpc) is 3.10. The van der Waals surface area contributed by atoms with E-state index in [0.717, 1.165) is 0 Å². The SMILES string of the molecule is CCOC(=O)c1ccc(NC(=O)CC2C(=O)N(c3ccc(F)cc3)C(=S)N2Nc2ncc(Cl)cc2Cl)cc1. The fourth-order valence-corrected chi connectivity index (χ4v) is 4.42. The normalized spacial score (nSPS) is 15.0. The van der Waals surface area contributed by atoms with Gasteiger partial charge in [-0.2, -0.15) is 0 Å². The molecule has 1 aromatic heterocycles. The summed E-state index contributed by atoms with van der Waals surface area (Å²) in [5, 5.41) is 4.47. The number of carbonyl (C=O) groups is 3. The second-order valence-corrected chi connectivity index (χ2v) is 9.17. The number of hydrogen-bond donors (Lipinski definition) is 2. The van der Waals surface area contributed by atoms with Crippen LogP contribution in [0.15, 0.2) is 60.8 Å². The molecule has 2 aromatic carbocycles. The Labute approximate surface area is 232 Å². The van der Waals surface area contributed by atoms with Crippen LogP contribution in [0.3, 0.4) is 0 Å². The molecule has 196 valence electrons. The van der Waals surface area contributed by atoms with Gasteiger partial charge in [-0.1, -0.05) is 23.2 Å². The molecule has 4 rings (SSSR count). The highest BCUT2D eigenvalue weighted by Crippen LogP contribution is 2.30. The van der Waals surface area contributed by atoms with Crippen molar-refractivity contribution in [2.75, 3.05) is 22.2 Å². The van der Waals surface area contributed by atoms with Gasteiger partial charge in [-0.3, -0.25) is 19.9 Å². The van der Waals surface area contributed by atoms with Gasteiger partial charge in [0.05, 0.1) is 34.3 Å². The van der Waals surface area contributed by atoms with Crippen molar-refractivity contribution < 1.29 is 23.5 Å².